The van der Waals surface area contributed by atoms with Crippen LogP contribution in [0.3, 0.4) is 0 Å². The van der Waals surface area contributed by atoms with Crippen molar-refractivity contribution in [1.29, 1.82) is 0 Å². The van der Waals surface area contributed by atoms with Gasteiger partial charge in [0.1, 0.15) is 5.82 Å². The van der Waals surface area contributed by atoms with Crippen molar-refractivity contribution >= 4 is 18.3 Å². The predicted octanol–water partition coefficient (Wildman–Crippen LogP) is 3.43. The average Bonchev–Trinajstić information content (AvgIpc) is 2.48. The zero-order valence-corrected chi connectivity index (χ0v) is 12.8. The van der Waals surface area contributed by atoms with Crippen LogP contribution in [0.4, 0.5) is 13.2 Å². The Bertz CT molecular complexity index is 506. The Balaban J connectivity index is 0.00000242. The van der Waals surface area contributed by atoms with Crippen LogP contribution >= 0.6 is 12.4 Å². The summed E-state index contributed by atoms with van der Waals surface area (Å²) < 4.78 is 38.9. The molecule has 0 bridgehead atoms. The maximum absolute atomic E-state index is 13.6. The highest BCUT2D eigenvalue weighted by Gasteiger charge is 2.23. The van der Waals surface area contributed by atoms with Gasteiger partial charge in [0.25, 0.3) is 12.3 Å². The van der Waals surface area contributed by atoms with E-state index in [0.717, 1.165) is 43.9 Å². The van der Waals surface area contributed by atoms with Gasteiger partial charge in [0.2, 0.25) is 0 Å². The first-order valence-electron chi connectivity index (χ1n) is 7.09. The number of rotatable bonds is 4. The van der Waals surface area contributed by atoms with Crippen molar-refractivity contribution in [2.75, 3.05) is 6.54 Å². The van der Waals surface area contributed by atoms with Crippen molar-refractivity contribution in [2.45, 2.75) is 38.2 Å². The van der Waals surface area contributed by atoms with Crippen molar-refractivity contribution < 1.29 is 18.0 Å². The smallest absolute Gasteiger partial charge is 0.263 e. The summed E-state index contributed by atoms with van der Waals surface area (Å²) in [6.07, 6.45) is 0.673. The van der Waals surface area contributed by atoms with Crippen LogP contribution in [0.15, 0.2) is 18.2 Å². The lowest BCUT2D eigenvalue weighted by Crippen LogP contribution is -2.39. The highest BCUT2D eigenvalue weighted by atomic mass is 35.5. The molecule has 1 aliphatic carbocycles. The van der Waals surface area contributed by atoms with Crippen LogP contribution in [-0.4, -0.2) is 18.5 Å². The van der Waals surface area contributed by atoms with Crippen molar-refractivity contribution in [3.05, 3.63) is 35.1 Å². The second-order valence-electron chi connectivity index (χ2n) is 5.47. The number of amides is 1. The molecule has 3 N–H and O–H groups in total. The third kappa shape index (κ3) is 4.61. The molecular formula is C15H20ClF3N2O. The molecule has 2 rings (SSSR count). The number of hydrogen-bond acceptors (Lipinski definition) is 2. The minimum atomic E-state index is -2.72. The molecule has 0 aromatic heterocycles. The highest BCUT2D eigenvalue weighted by Crippen LogP contribution is 2.25. The SMILES string of the molecule is Cl.NCC1CCC(NC(=O)c2cc(C(F)F)ccc2F)CC1. The highest BCUT2D eigenvalue weighted by molar-refractivity contribution is 5.94. The molecule has 1 aromatic rings. The Kier molecular flexibility index (Phi) is 7.16. The summed E-state index contributed by atoms with van der Waals surface area (Å²) in [5.74, 6) is -0.948. The summed E-state index contributed by atoms with van der Waals surface area (Å²) in [7, 11) is 0. The van der Waals surface area contributed by atoms with Gasteiger partial charge in [-0.15, -0.1) is 12.4 Å². The molecule has 22 heavy (non-hydrogen) atoms. The van der Waals surface area contributed by atoms with E-state index >= 15 is 0 Å². The molecule has 0 aliphatic heterocycles. The molecule has 0 heterocycles. The first-order chi connectivity index (χ1) is 10.0. The fourth-order valence-corrected chi connectivity index (χ4v) is 2.66. The minimum Gasteiger partial charge on any atom is -0.349 e. The van der Waals surface area contributed by atoms with Crippen LogP contribution < -0.4 is 11.1 Å². The van der Waals surface area contributed by atoms with Crippen LogP contribution in [0.5, 0.6) is 0 Å². The normalized spacial score (nSPS) is 21.3. The monoisotopic (exact) mass is 336 g/mol. The summed E-state index contributed by atoms with van der Waals surface area (Å²) >= 11 is 0. The summed E-state index contributed by atoms with van der Waals surface area (Å²) in [5.41, 5.74) is 4.92. The minimum absolute atomic E-state index is 0. The van der Waals surface area contributed by atoms with Gasteiger partial charge in [-0.3, -0.25) is 4.79 Å². The number of hydrogen-bond donors (Lipinski definition) is 2. The Morgan fingerprint density at radius 2 is 1.91 bits per heavy atom. The van der Waals surface area contributed by atoms with E-state index in [0.29, 0.717) is 12.5 Å². The van der Waals surface area contributed by atoms with E-state index in [1.165, 1.54) is 0 Å². The summed E-state index contributed by atoms with van der Waals surface area (Å²) in [6.45, 7) is 0.631. The van der Waals surface area contributed by atoms with Gasteiger partial charge in [-0.05, 0) is 50.3 Å². The molecular weight excluding hydrogens is 317 g/mol. The molecule has 1 amide bonds. The topological polar surface area (TPSA) is 55.1 Å². The van der Waals surface area contributed by atoms with E-state index in [1.54, 1.807) is 0 Å². The standard InChI is InChI=1S/C15H19F3N2O.ClH/c16-13-6-3-10(14(17)18)7-12(13)15(21)20-11-4-1-9(8-19)2-5-11;/h3,6-7,9,11,14H,1-2,4-5,8,19H2,(H,20,21);1H. The number of alkyl halides is 2. The number of nitrogens with two attached hydrogens (primary N) is 1. The van der Waals surface area contributed by atoms with Gasteiger partial charge in [0.15, 0.2) is 0 Å². The lowest BCUT2D eigenvalue weighted by Gasteiger charge is -2.28. The van der Waals surface area contributed by atoms with Crippen LogP contribution in [-0.2, 0) is 0 Å². The first kappa shape index (κ1) is 18.8. The van der Waals surface area contributed by atoms with E-state index in [9.17, 15) is 18.0 Å². The van der Waals surface area contributed by atoms with Gasteiger partial charge in [-0.1, -0.05) is 6.07 Å². The van der Waals surface area contributed by atoms with Crippen LogP contribution in [0.1, 0.15) is 48.0 Å². The van der Waals surface area contributed by atoms with Gasteiger partial charge in [0.05, 0.1) is 5.56 Å². The fraction of sp³-hybridized carbons (Fsp3) is 0.533. The molecule has 1 aliphatic rings. The molecule has 3 nitrogen and oxygen atoms in total. The van der Waals surface area contributed by atoms with Gasteiger partial charge in [-0.2, -0.15) is 0 Å². The van der Waals surface area contributed by atoms with Crippen molar-refractivity contribution in [2.24, 2.45) is 11.7 Å². The van der Waals surface area contributed by atoms with Crippen LogP contribution in [0.2, 0.25) is 0 Å². The Hall–Kier alpha value is -1.27. The average molecular weight is 337 g/mol. The van der Waals surface area contributed by atoms with E-state index in [4.69, 9.17) is 5.73 Å². The molecule has 0 atom stereocenters. The molecule has 0 radical (unpaired) electrons. The number of benzene rings is 1. The van der Waals surface area contributed by atoms with E-state index < -0.39 is 18.1 Å². The number of nitrogens with one attached hydrogen (secondary N) is 1. The largest absolute Gasteiger partial charge is 0.349 e. The van der Waals surface area contributed by atoms with Crippen molar-refractivity contribution in [1.82, 2.24) is 5.32 Å². The second kappa shape index (κ2) is 8.39. The van der Waals surface area contributed by atoms with Crippen LogP contribution in [0.25, 0.3) is 0 Å². The maximum Gasteiger partial charge on any atom is 0.263 e. The lowest BCUT2D eigenvalue weighted by molar-refractivity contribution is 0.0917. The molecule has 124 valence electrons. The Morgan fingerprint density at radius 1 is 1.27 bits per heavy atom. The molecule has 0 saturated heterocycles. The molecule has 0 unspecified atom stereocenters. The lowest BCUT2D eigenvalue weighted by atomic mass is 9.86. The Labute approximate surface area is 133 Å². The second-order valence-corrected chi connectivity index (χ2v) is 5.47. The quantitative estimate of drug-likeness (QED) is 0.885. The van der Waals surface area contributed by atoms with E-state index in [-0.39, 0.29) is 29.6 Å². The van der Waals surface area contributed by atoms with Crippen LogP contribution in [0, 0.1) is 11.7 Å². The summed E-state index contributed by atoms with van der Waals surface area (Å²) in [4.78, 5) is 12.0. The van der Waals surface area contributed by atoms with E-state index in [1.807, 2.05) is 0 Å². The van der Waals surface area contributed by atoms with Crippen molar-refractivity contribution in [3.63, 3.8) is 0 Å². The zero-order valence-electron chi connectivity index (χ0n) is 12.0. The molecule has 1 aromatic carbocycles. The summed E-state index contributed by atoms with van der Waals surface area (Å²) in [5, 5.41) is 2.72. The van der Waals surface area contributed by atoms with E-state index in [2.05, 4.69) is 5.32 Å². The first-order valence-corrected chi connectivity index (χ1v) is 7.09. The van der Waals surface area contributed by atoms with Gasteiger partial charge in [-0.25, -0.2) is 13.2 Å². The van der Waals surface area contributed by atoms with Crippen molar-refractivity contribution in [3.8, 4) is 0 Å². The number of carbonyl (C=O) groups is 1. The third-order valence-electron chi connectivity index (χ3n) is 4.00. The summed E-state index contributed by atoms with van der Waals surface area (Å²) in [6, 6.07) is 2.76. The van der Waals surface area contributed by atoms with Gasteiger partial charge in [0, 0.05) is 11.6 Å². The number of halogens is 4. The third-order valence-corrected chi connectivity index (χ3v) is 4.00. The molecule has 1 fully saturated rings. The predicted molar refractivity (Wildman–Crippen MR) is 80.9 cm³/mol. The zero-order chi connectivity index (χ0) is 15.4. The fourth-order valence-electron chi connectivity index (χ4n) is 2.66. The number of carbonyl (C=O) groups excluding carboxylic acids is 1. The molecule has 0 spiro atoms. The molecule has 1 saturated carbocycles. The van der Waals surface area contributed by atoms with Gasteiger partial charge >= 0.3 is 0 Å². The molecule has 7 heteroatoms. The van der Waals surface area contributed by atoms with Gasteiger partial charge < -0.3 is 11.1 Å². The maximum atomic E-state index is 13.6. The Morgan fingerprint density at radius 3 is 2.45 bits per heavy atom.